The molecule has 0 saturated carbocycles. The van der Waals surface area contributed by atoms with Crippen molar-refractivity contribution in [2.45, 2.75) is 52.1 Å². The second-order valence-electron chi connectivity index (χ2n) is 5.05. The third kappa shape index (κ3) is 3.40. The van der Waals surface area contributed by atoms with Gasteiger partial charge in [-0.3, -0.25) is 0 Å². The van der Waals surface area contributed by atoms with E-state index in [2.05, 4.69) is 24.2 Å². The van der Waals surface area contributed by atoms with E-state index in [1.807, 2.05) is 13.8 Å². The summed E-state index contributed by atoms with van der Waals surface area (Å²) in [5.74, 6) is 0.904. The van der Waals surface area contributed by atoms with Crippen LogP contribution in [0.1, 0.15) is 40.5 Å². The summed E-state index contributed by atoms with van der Waals surface area (Å²) in [5, 5.41) is 4.35. The number of nitrogens with one attached hydrogen (secondary N) is 1. The lowest BCUT2D eigenvalue weighted by molar-refractivity contribution is -0.143. The van der Waals surface area contributed by atoms with Gasteiger partial charge in [-0.2, -0.15) is 0 Å². The van der Waals surface area contributed by atoms with Crippen LogP contribution in [0.25, 0.3) is 0 Å². The van der Waals surface area contributed by atoms with Gasteiger partial charge in [0.25, 0.3) is 0 Å². The number of esters is 1. The maximum absolute atomic E-state index is 11.7. The van der Waals surface area contributed by atoms with E-state index in [4.69, 9.17) is 4.74 Å². The number of amidine groups is 1. The van der Waals surface area contributed by atoms with Gasteiger partial charge >= 0.3 is 5.97 Å². The first kappa shape index (κ1) is 15.3. The first-order valence-corrected chi connectivity index (χ1v) is 7.53. The zero-order chi connectivity index (χ0) is 13.8. The molecule has 18 heavy (non-hydrogen) atoms. The summed E-state index contributed by atoms with van der Waals surface area (Å²) in [7, 11) is 1.41. The standard InChI is InChI=1S/C13H24N2O2S/c1-6-13(7-2)8-18-12(15-13)14-10(9(3)4)11(16)17-5/h9-10H,6-8H2,1-5H3,(H,14,15). The zero-order valence-electron chi connectivity index (χ0n) is 11.9. The van der Waals surface area contributed by atoms with Crippen molar-refractivity contribution in [2.24, 2.45) is 10.9 Å². The molecular weight excluding hydrogens is 248 g/mol. The maximum Gasteiger partial charge on any atom is 0.330 e. The minimum Gasteiger partial charge on any atom is -0.467 e. The van der Waals surface area contributed by atoms with Gasteiger partial charge in [0.2, 0.25) is 0 Å². The van der Waals surface area contributed by atoms with Crippen LogP contribution in [0.15, 0.2) is 4.99 Å². The number of methoxy groups -OCH3 is 1. The summed E-state index contributed by atoms with van der Waals surface area (Å²) >= 11 is 1.70. The summed E-state index contributed by atoms with van der Waals surface area (Å²) in [4.78, 5) is 16.2. The van der Waals surface area contributed by atoms with E-state index in [0.29, 0.717) is 0 Å². The van der Waals surface area contributed by atoms with Gasteiger partial charge in [0.1, 0.15) is 0 Å². The Balaban J connectivity index is 2.80. The number of carbonyl (C=O) groups excluding carboxylic acids is 1. The molecule has 0 spiro atoms. The van der Waals surface area contributed by atoms with Crippen LogP contribution in [-0.2, 0) is 9.53 Å². The first-order chi connectivity index (χ1) is 8.48. The number of ether oxygens (including phenoxy) is 1. The Hall–Kier alpha value is -0.710. The highest BCUT2D eigenvalue weighted by molar-refractivity contribution is 8.14. The average Bonchev–Trinajstić information content (AvgIpc) is 2.79. The smallest absolute Gasteiger partial charge is 0.330 e. The molecule has 0 bridgehead atoms. The van der Waals surface area contributed by atoms with E-state index in [-0.39, 0.29) is 17.4 Å². The summed E-state index contributed by atoms with van der Waals surface area (Å²) in [6.45, 7) is 8.33. The topological polar surface area (TPSA) is 50.7 Å². The van der Waals surface area contributed by atoms with Gasteiger partial charge in [0.15, 0.2) is 11.2 Å². The van der Waals surface area contributed by atoms with Crippen molar-refractivity contribution in [2.75, 3.05) is 12.9 Å². The number of thioether (sulfide) groups is 1. The molecule has 0 aromatic rings. The molecule has 0 aromatic carbocycles. The highest BCUT2D eigenvalue weighted by Gasteiger charge is 2.35. The van der Waals surface area contributed by atoms with Crippen LogP contribution >= 0.6 is 11.8 Å². The quantitative estimate of drug-likeness (QED) is 0.781. The van der Waals surface area contributed by atoms with Gasteiger partial charge in [-0.1, -0.05) is 39.5 Å². The Labute approximate surface area is 114 Å². The Bertz CT molecular complexity index is 325. The predicted molar refractivity (Wildman–Crippen MR) is 77.0 cm³/mol. The van der Waals surface area contributed by atoms with Gasteiger partial charge in [-0.05, 0) is 18.8 Å². The number of hydrogen-bond donors (Lipinski definition) is 1. The molecule has 0 amide bonds. The van der Waals surface area contributed by atoms with Crippen LogP contribution in [0.4, 0.5) is 0 Å². The molecule has 1 unspecified atom stereocenters. The van der Waals surface area contributed by atoms with Gasteiger partial charge in [0, 0.05) is 11.3 Å². The minimum atomic E-state index is -0.408. The Morgan fingerprint density at radius 3 is 2.50 bits per heavy atom. The fourth-order valence-electron chi connectivity index (χ4n) is 1.93. The molecule has 1 fully saturated rings. The van der Waals surface area contributed by atoms with Crippen molar-refractivity contribution >= 4 is 22.9 Å². The van der Waals surface area contributed by atoms with E-state index >= 15 is 0 Å². The number of nitrogens with zero attached hydrogens (tertiary/aromatic N) is 1. The molecule has 1 N–H and O–H groups in total. The normalized spacial score (nSPS) is 22.0. The van der Waals surface area contributed by atoms with E-state index in [0.717, 1.165) is 23.8 Å². The fourth-order valence-corrected chi connectivity index (χ4v) is 3.30. The van der Waals surface area contributed by atoms with Gasteiger partial charge in [-0.15, -0.1) is 0 Å². The second-order valence-corrected chi connectivity index (χ2v) is 6.01. The van der Waals surface area contributed by atoms with Gasteiger partial charge < -0.3 is 10.1 Å². The molecule has 0 aliphatic carbocycles. The number of hydrogen-bond acceptors (Lipinski definition) is 4. The van der Waals surface area contributed by atoms with Crippen molar-refractivity contribution in [1.29, 1.82) is 0 Å². The molecule has 0 aromatic heterocycles. The second kappa shape index (κ2) is 6.45. The maximum atomic E-state index is 11.7. The Kier molecular flexibility index (Phi) is 5.50. The third-order valence-corrected chi connectivity index (χ3v) is 4.72. The van der Waals surface area contributed by atoms with E-state index < -0.39 is 6.04 Å². The van der Waals surface area contributed by atoms with Crippen molar-refractivity contribution in [1.82, 2.24) is 5.32 Å². The molecule has 1 rings (SSSR count). The molecule has 0 radical (unpaired) electrons. The average molecular weight is 272 g/mol. The van der Waals surface area contributed by atoms with E-state index in [1.54, 1.807) is 11.8 Å². The van der Waals surface area contributed by atoms with Crippen molar-refractivity contribution in [3.05, 3.63) is 0 Å². The van der Waals surface area contributed by atoms with Crippen LogP contribution in [0, 0.1) is 5.92 Å². The monoisotopic (exact) mass is 272 g/mol. The van der Waals surface area contributed by atoms with Crippen LogP contribution < -0.4 is 5.32 Å². The van der Waals surface area contributed by atoms with Gasteiger partial charge in [-0.25, -0.2) is 9.79 Å². The molecule has 4 nitrogen and oxygen atoms in total. The predicted octanol–water partition coefficient (Wildman–Crippen LogP) is 2.44. The lowest BCUT2D eigenvalue weighted by atomic mass is 9.96. The first-order valence-electron chi connectivity index (χ1n) is 6.54. The molecule has 104 valence electrons. The Morgan fingerprint density at radius 2 is 2.11 bits per heavy atom. The summed E-state index contributed by atoms with van der Waals surface area (Å²) in [6, 6.07) is -0.408. The number of aliphatic imine (C=N–C) groups is 1. The van der Waals surface area contributed by atoms with Crippen LogP contribution in [0.2, 0.25) is 0 Å². The summed E-state index contributed by atoms with van der Waals surface area (Å²) < 4.78 is 4.81. The molecule has 1 heterocycles. The number of carbonyl (C=O) groups is 1. The van der Waals surface area contributed by atoms with E-state index in [1.165, 1.54) is 7.11 Å². The van der Waals surface area contributed by atoms with Crippen LogP contribution in [0.5, 0.6) is 0 Å². The van der Waals surface area contributed by atoms with Gasteiger partial charge in [0.05, 0.1) is 7.11 Å². The number of rotatable bonds is 5. The molecule has 1 atom stereocenters. The SMILES string of the molecule is CCC1(CC)CSC(=NC(C(=O)OC)C(C)C)N1. The van der Waals surface area contributed by atoms with Crippen molar-refractivity contribution in [3.63, 3.8) is 0 Å². The minimum absolute atomic E-state index is 0.140. The summed E-state index contributed by atoms with van der Waals surface area (Å²) in [6.07, 6.45) is 2.14. The van der Waals surface area contributed by atoms with Crippen LogP contribution in [-0.4, -0.2) is 35.6 Å². The molecule has 5 heteroatoms. The fraction of sp³-hybridized carbons (Fsp3) is 0.846. The lowest BCUT2D eigenvalue weighted by Crippen LogP contribution is -2.43. The Morgan fingerprint density at radius 1 is 1.50 bits per heavy atom. The van der Waals surface area contributed by atoms with Crippen molar-refractivity contribution < 1.29 is 9.53 Å². The van der Waals surface area contributed by atoms with E-state index in [9.17, 15) is 4.79 Å². The van der Waals surface area contributed by atoms with Crippen LogP contribution in [0.3, 0.4) is 0 Å². The molecule has 1 saturated heterocycles. The summed E-state index contributed by atoms with van der Waals surface area (Å²) in [5.41, 5.74) is 0.140. The molecule has 1 aliphatic rings. The molecule has 1 aliphatic heterocycles. The lowest BCUT2D eigenvalue weighted by Gasteiger charge is -2.25. The van der Waals surface area contributed by atoms with Crippen molar-refractivity contribution in [3.8, 4) is 0 Å². The highest BCUT2D eigenvalue weighted by Crippen LogP contribution is 2.29. The largest absolute Gasteiger partial charge is 0.467 e. The highest BCUT2D eigenvalue weighted by atomic mass is 32.2. The third-order valence-electron chi connectivity index (χ3n) is 3.54. The molecular formula is C13H24N2O2S. The zero-order valence-corrected chi connectivity index (χ0v) is 12.8.